The Morgan fingerprint density at radius 1 is 1.38 bits per heavy atom. The van der Waals surface area contributed by atoms with Gasteiger partial charge in [0, 0.05) is 5.69 Å². The summed E-state index contributed by atoms with van der Waals surface area (Å²) in [5, 5.41) is 7.88. The summed E-state index contributed by atoms with van der Waals surface area (Å²) in [6, 6.07) is 6.12. The molecule has 3 nitrogen and oxygen atoms in total. The molecule has 0 bridgehead atoms. The molecule has 3 heteroatoms. The lowest BCUT2D eigenvalue weighted by Gasteiger charge is -2.06. The van der Waals surface area contributed by atoms with Crippen LogP contribution in [-0.2, 0) is 6.42 Å². The van der Waals surface area contributed by atoms with Crippen LogP contribution in [0.25, 0.3) is 5.65 Å². The molecule has 0 atom stereocenters. The fraction of sp³-hybridized carbons (Fsp3) is 0.400. The highest BCUT2D eigenvalue weighted by Gasteiger charge is 2.02. The summed E-state index contributed by atoms with van der Waals surface area (Å²) in [6.07, 6.45) is 2.84. The van der Waals surface area contributed by atoms with Gasteiger partial charge in [-0.15, -0.1) is 10.2 Å². The van der Waals surface area contributed by atoms with Crippen LogP contribution in [0, 0.1) is 5.92 Å². The van der Waals surface area contributed by atoms with Crippen LogP contribution in [-0.4, -0.2) is 14.6 Å². The Morgan fingerprint density at radius 3 is 3.00 bits per heavy atom. The first kappa shape index (κ1) is 8.23. The normalized spacial score (nSPS) is 11.3. The quantitative estimate of drug-likeness (QED) is 0.698. The van der Waals surface area contributed by atoms with Crippen molar-refractivity contribution in [2.45, 2.75) is 20.3 Å². The third-order valence-corrected chi connectivity index (χ3v) is 2.03. The zero-order valence-corrected chi connectivity index (χ0v) is 7.94. The van der Waals surface area contributed by atoms with E-state index < -0.39 is 0 Å². The smallest absolute Gasteiger partial charge is 0.160 e. The first-order valence-electron chi connectivity index (χ1n) is 4.55. The van der Waals surface area contributed by atoms with Gasteiger partial charge < -0.3 is 0 Å². The predicted octanol–water partition coefficient (Wildman–Crippen LogP) is 1.93. The van der Waals surface area contributed by atoms with Crippen molar-refractivity contribution in [2.24, 2.45) is 5.92 Å². The lowest BCUT2D eigenvalue weighted by atomic mass is 10.1. The summed E-state index contributed by atoms with van der Waals surface area (Å²) < 4.78 is 2.04. The second-order valence-electron chi connectivity index (χ2n) is 3.67. The zero-order valence-electron chi connectivity index (χ0n) is 7.94. The molecule has 0 aromatic carbocycles. The second-order valence-corrected chi connectivity index (χ2v) is 3.67. The molecule has 2 aromatic rings. The Balaban J connectivity index is 2.48. The van der Waals surface area contributed by atoms with E-state index in [-0.39, 0.29) is 0 Å². The molecule has 0 amide bonds. The van der Waals surface area contributed by atoms with Crippen LogP contribution in [0.15, 0.2) is 24.5 Å². The van der Waals surface area contributed by atoms with Crippen LogP contribution in [0.3, 0.4) is 0 Å². The van der Waals surface area contributed by atoms with E-state index in [4.69, 9.17) is 0 Å². The minimum atomic E-state index is 0.660. The van der Waals surface area contributed by atoms with Gasteiger partial charge in [0.15, 0.2) is 5.65 Å². The summed E-state index contributed by atoms with van der Waals surface area (Å²) >= 11 is 0. The minimum absolute atomic E-state index is 0.660. The van der Waals surface area contributed by atoms with Gasteiger partial charge in [0.1, 0.15) is 6.33 Å². The molecule has 0 N–H and O–H groups in total. The minimum Gasteiger partial charge on any atom is -0.286 e. The summed E-state index contributed by atoms with van der Waals surface area (Å²) in [4.78, 5) is 0. The van der Waals surface area contributed by atoms with Gasteiger partial charge in [-0.2, -0.15) is 0 Å². The molecule has 0 saturated heterocycles. The zero-order chi connectivity index (χ0) is 9.26. The molecule has 2 rings (SSSR count). The van der Waals surface area contributed by atoms with E-state index in [1.807, 2.05) is 16.5 Å². The predicted molar refractivity (Wildman–Crippen MR) is 51.5 cm³/mol. The van der Waals surface area contributed by atoms with Crippen LogP contribution < -0.4 is 0 Å². The molecular formula is C10H13N3. The Bertz CT molecular complexity index is 403. The molecule has 0 saturated carbocycles. The van der Waals surface area contributed by atoms with E-state index in [1.54, 1.807) is 6.33 Å². The highest BCUT2D eigenvalue weighted by molar-refractivity contribution is 5.37. The lowest BCUT2D eigenvalue weighted by Crippen LogP contribution is -2.00. The van der Waals surface area contributed by atoms with Crippen LogP contribution in [0.1, 0.15) is 19.5 Å². The third-order valence-electron chi connectivity index (χ3n) is 2.03. The van der Waals surface area contributed by atoms with Crippen molar-refractivity contribution >= 4 is 5.65 Å². The largest absolute Gasteiger partial charge is 0.286 e. The number of hydrogen-bond donors (Lipinski definition) is 0. The summed E-state index contributed by atoms with van der Waals surface area (Å²) in [7, 11) is 0. The maximum atomic E-state index is 4.00. The van der Waals surface area contributed by atoms with Gasteiger partial charge in [-0.3, -0.25) is 4.40 Å². The van der Waals surface area contributed by atoms with Crippen molar-refractivity contribution in [1.29, 1.82) is 0 Å². The fourth-order valence-corrected chi connectivity index (χ4v) is 1.49. The van der Waals surface area contributed by atoms with Gasteiger partial charge in [-0.05, 0) is 24.5 Å². The number of hydrogen-bond acceptors (Lipinski definition) is 2. The molecule has 0 unspecified atom stereocenters. The van der Waals surface area contributed by atoms with Crippen LogP contribution in [0.2, 0.25) is 0 Å². The van der Waals surface area contributed by atoms with Gasteiger partial charge >= 0.3 is 0 Å². The number of nitrogens with zero attached hydrogens (tertiary/aromatic N) is 3. The first-order chi connectivity index (χ1) is 6.27. The Morgan fingerprint density at radius 2 is 2.23 bits per heavy atom. The third kappa shape index (κ3) is 1.54. The molecule has 68 valence electrons. The molecule has 0 radical (unpaired) electrons. The van der Waals surface area contributed by atoms with Crippen molar-refractivity contribution in [3.05, 3.63) is 30.2 Å². The van der Waals surface area contributed by atoms with E-state index >= 15 is 0 Å². The van der Waals surface area contributed by atoms with Crippen molar-refractivity contribution in [2.75, 3.05) is 0 Å². The average Bonchev–Trinajstić information content (AvgIpc) is 2.51. The molecule has 0 aliphatic carbocycles. The van der Waals surface area contributed by atoms with Crippen LogP contribution in [0.4, 0.5) is 0 Å². The molecule has 2 heterocycles. The summed E-state index contributed by atoms with van der Waals surface area (Å²) in [6.45, 7) is 4.42. The molecule has 13 heavy (non-hydrogen) atoms. The summed E-state index contributed by atoms with van der Waals surface area (Å²) in [5.74, 6) is 0.660. The lowest BCUT2D eigenvalue weighted by molar-refractivity contribution is 0.630. The monoisotopic (exact) mass is 175 g/mol. The van der Waals surface area contributed by atoms with Gasteiger partial charge in [0.05, 0.1) is 0 Å². The maximum Gasteiger partial charge on any atom is 0.160 e. The fourth-order valence-electron chi connectivity index (χ4n) is 1.49. The van der Waals surface area contributed by atoms with E-state index in [0.717, 1.165) is 12.1 Å². The molecular weight excluding hydrogens is 162 g/mol. The molecule has 0 aliphatic rings. The maximum absolute atomic E-state index is 4.00. The van der Waals surface area contributed by atoms with Crippen molar-refractivity contribution in [3.8, 4) is 0 Å². The van der Waals surface area contributed by atoms with E-state index in [9.17, 15) is 0 Å². The van der Waals surface area contributed by atoms with E-state index in [2.05, 4.69) is 30.1 Å². The highest BCUT2D eigenvalue weighted by atomic mass is 15.2. The number of aromatic nitrogens is 3. The molecule has 0 spiro atoms. The van der Waals surface area contributed by atoms with Gasteiger partial charge in [0.2, 0.25) is 0 Å². The van der Waals surface area contributed by atoms with Crippen molar-refractivity contribution in [1.82, 2.24) is 14.6 Å². The molecule has 0 fully saturated rings. The van der Waals surface area contributed by atoms with Gasteiger partial charge in [0.25, 0.3) is 0 Å². The van der Waals surface area contributed by atoms with Gasteiger partial charge in [-0.1, -0.05) is 19.9 Å². The van der Waals surface area contributed by atoms with E-state index in [0.29, 0.717) is 5.92 Å². The Kier molecular flexibility index (Phi) is 2.00. The number of pyridine rings is 1. The van der Waals surface area contributed by atoms with Gasteiger partial charge in [-0.25, -0.2) is 0 Å². The first-order valence-corrected chi connectivity index (χ1v) is 4.55. The topological polar surface area (TPSA) is 30.2 Å². The Hall–Kier alpha value is -1.38. The van der Waals surface area contributed by atoms with Crippen LogP contribution in [0.5, 0.6) is 0 Å². The van der Waals surface area contributed by atoms with Crippen LogP contribution >= 0.6 is 0 Å². The highest BCUT2D eigenvalue weighted by Crippen LogP contribution is 2.09. The second kappa shape index (κ2) is 3.17. The standard InChI is InChI=1S/C10H13N3/c1-8(2)6-9-4-3-5-10-12-11-7-13(9)10/h3-5,7-8H,6H2,1-2H3. The number of fused-ring (bicyclic) bond motifs is 1. The Labute approximate surface area is 77.4 Å². The summed E-state index contributed by atoms with van der Waals surface area (Å²) in [5.41, 5.74) is 2.20. The van der Waals surface area contributed by atoms with Crippen molar-refractivity contribution < 1.29 is 0 Å². The SMILES string of the molecule is CC(C)Cc1cccc2nncn12. The molecule has 0 aliphatic heterocycles. The van der Waals surface area contributed by atoms with Crippen molar-refractivity contribution in [3.63, 3.8) is 0 Å². The molecule has 2 aromatic heterocycles. The average molecular weight is 175 g/mol. The van der Waals surface area contributed by atoms with E-state index in [1.165, 1.54) is 5.69 Å². The number of rotatable bonds is 2.